The molecular formula is C11H16N2S. The quantitative estimate of drug-likeness (QED) is 0.741. The molecule has 0 N–H and O–H groups in total. The highest BCUT2D eigenvalue weighted by molar-refractivity contribution is 7.99. The molecule has 0 saturated carbocycles. The monoisotopic (exact) mass is 208 g/mol. The van der Waals surface area contributed by atoms with Crippen LogP contribution < -0.4 is 0 Å². The number of aromatic nitrogens is 1. The normalized spacial score (nSPS) is 20.6. The van der Waals surface area contributed by atoms with Crippen LogP contribution in [-0.4, -0.2) is 34.5 Å². The second-order valence-corrected chi connectivity index (χ2v) is 4.80. The van der Waals surface area contributed by atoms with Crippen molar-refractivity contribution in [3.05, 3.63) is 30.1 Å². The lowest BCUT2D eigenvalue weighted by Gasteiger charge is -2.31. The van der Waals surface area contributed by atoms with Crippen LogP contribution in [0.4, 0.5) is 0 Å². The van der Waals surface area contributed by atoms with Crippen LogP contribution in [0.3, 0.4) is 0 Å². The summed E-state index contributed by atoms with van der Waals surface area (Å²) in [6, 6.07) is 6.63. The molecule has 1 aromatic rings. The summed E-state index contributed by atoms with van der Waals surface area (Å²) in [6.07, 6.45) is 1.88. The SMILES string of the molecule is C[C@@H](c1ccccn1)N1CCSCC1. The number of thioether (sulfide) groups is 1. The van der Waals surface area contributed by atoms with E-state index in [4.69, 9.17) is 0 Å². The van der Waals surface area contributed by atoms with E-state index < -0.39 is 0 Å². The first-order valence-electron chi connectivity index (χ1n) is 5.10. The number of pyridine rings is 1. The number of rotatable bonds is 2. The zero-order valence-electron chi connectivity index (χ0n) is 8.52. The minimum absolute atomic E-state index is 0.470. The smallest absolute Gasteiger partial charge is 0.0572 e. The molecule has 0 aromatic carbocycles. The lowest BCUT2D eigenvalue weighted by molar-refractivity contribution is 0.229. The molecule has 0 unspecified atom stereocenters. The maximum atomic E-state index is 4.41. The lowest BCUT2D eigenvalue weighted by Crippen LogP contribution is -2.35. The van der Waals surface area contributed by atoms with Gasteiger partial charge in [-0.05, 0) is 19.1 Å². The summed E-state index contributed by atoms with van der Waals surface area (Å²) < 4.78 is 0. The number of hydrogen-bond donors (Lipinski definition) is 0. The van der Waals surface area contributed by atoms with Crippen LogP contribution in [0.5, 0.6) is 0 Å². The van der Waals surface area contributed by atoms with Crippen molar-refractivity contribution in [2.24, 2.45) is 0 Å². The van der Waals surface area contributed by atoms with Gasteiger partial charge in [-0.15, -0.1) is 0 Å². The second-order valence-electron chi connectivity index (χ2n) is 3.58. The number of hydrogen-bond acceptors (Lipinski definition) is 3. The van der Waals surface area contributed by atoms with Crippen molar-refractivity contribution in [1.29, 1.82) is 0 Å². The van der Waals surface area contributed by atoms with Gasteiger partial charge >= 0.3 is 0 Å². The third kappa shape index (κ3) is 2.28. The molecule has 0 spiro atoms. The molecule has 2 nitrogen and oxygen atoms in total. The molecule has 1 aromatic heterocycles. The Bertz CT molecular complexity index is 270. The van der Waals surface area contributed by atoms with E-state index in [1.54, 1.807) is 0 Å². The Morgan fingerprint density at radius 2 is 2.14 bits per heavy atom. The Morgan fingerprint density at radius 3 is 2.79 bits per heavy atom. The van der Waals surface area contributed by atoms with Crippen LogP contribution in [0.15, 0.2) is 24.4 Å². The first-order valence-corrected chi connectivity index (χ1v) is 6.26. The molecule has 0 aliphatic carbocycles. The highest BCUT2D eigenvalue weighted by Gasteiger charge is 2.18. The molecule has 14 heavy (non-hydrogen) atoms. The van der Waals surface area contributed by atoms with Gasteiger partial charge in [0.2, 0.25) is 0 Å². The minimum Gasteiger partial charge on any atom is -0.293 e. The Balaban J connectivity index is 2.03. The predicted molar refractivity (Wildman–Crippen MR) is 61.6 cm³/mol. The Morgan fingerprint density at radius 1 is 1.36 bits per heavy atom. The highest BCUT2D eigenvalue weighted by Crippen LogP contribution is 2.21. The van der Waals surface area contributed by atoms with Crippen LogP contribution in [0.2, 0.25) is 0 Å². The molecule has 1 saturated heterocycles. The summed E-state index contributed by atoms with van der Waals surface area (Å²) in [7, 11) is 0. The minimum atomic E-state index is 0.470. The molecule has 1 aliphatic heterocycles. The fourth-order valence-electron chi connectivity index (χ4n) is 1.77. The van der Waals surface area contributed by atoms with Gasteiger partial charge in [-0.2, -0.15) is 11.8 Å². The zero-order chi connectivity index (χ0) is 9.80. The van der Waals surface area contributed by atoms with E-state index in [1.807, 2.05) is 24.0 Å². The van der Waals surface area contributed by atoms with Crippen molar-refractivity contribution >= 4 is 11.8 Å². The molecule has 0 radical (unpaired) electrons. The molecule has 1 fully saturated rings. The Hall–Kier alpha value is -0.540. The van der Waals surface area contributed by atoms with Crippen molar-refractivity contribution in [2.75, 3.05) is 24.6 Å². The van der Waals surface area contributed by atoms with Crippen LogP contribution in [0, 0.1) is 0 Å². The second kappa shape index (κ2) is 4.80. The highest BCUT2D eigenvalue weighted by atomic mass is 32.2. The van der Waals surface area contributed by atoms with Gasteiger partial charge in [0.15, 0.2) is 0 Å². The van der Waals surface area contributed by atoms with Gasteiger partial charge in [0.05, 0.1) is 5.69 Å². The first kappa shape index (κ1) is 9.99. The van der Waals surface area contributed by atoms with E-state index in [9.17, 15) is 0 Å². The van der Waals surface area contributed by atoms with E-state index in [-0.39, 0.29) is 0 Å². The van der Waals surface area contributed by atoms with Crippen molar-refractivity contribution in [3.63, 3.8) is 0 Å². The van der Waals surface area contributed by atoms with Gasteiger partial charge in [0, 0.05) is 36.8 Å². The van der Waals surface area contributed by atoms with Gasteiger partial charge in [-0.3, -0.25) is 9.88 Å². The third-order valence-corrected chi connectivity index (χ3v) is 3.65. The van der Waals surface area contributed by atoms with E-state index in [0.717, 1.165) is 0 Å². The molecule has 1 aliphatic rings. The van der Waals surface area contributed by atoms with Gasteiger partial charge < -0.3 is 0 Å². The van der Waals surface area contributed by atoms with Gasteiger partial charge in [0.25, 0.3) is 0 Å². The van der Waals surface area contributed by atoms with Gasteiger partial charge in [-0.25, -0.2) is 0 Å². The summed E-state index contributed by atoms with van der Waals surface area (Å²) in [5.41, 5.74) is 1.19. The van der Waals surface area contributed by atoms with Crippen LogP contribution in [-0.2, 0) is 0 Å². The first-order chi connectivity index (χ1) is 6.88. The average molecular weight is 208 g/mol. The Kier molecular flexibility index (Phi) is 3.43. The molecule has 76 valence electrons. The standard InChI is InChI=1S/C11H16N2S/c1-10(11-4-2-3-5-12-11)13-6-8-14-9-7-13/h2-5,10H,6-9H2,1H3/t10-/m0/s1. The predicted octanol–water partition coefficient (Wildman–Crippen LogP) is 2.19. The van der Waals surface area contributed by atoms with E-state index in [1.165, 1.54) is 30.3 Å². The van der Waals surface area contributed by atoms with Gasteiger partial charge in [-0.1, -0.05) is 6.07 Å². The Labute approximate surface area is 89.7 Å². The molecule has 2 rings (SSSR count). The van der Waals surface area contributed by atoms with Crippen molar-refractivity contribution < 1.29 is 0 Å². The molecule has 0 bridgehead atoms. The summed E-state index contributed by atoms with van der Waals surface area (Å²) in [5.74, 6) is 2.52. The molecule has 0 amide bonds. The van der Waals surface area contributed by atoms with Crippen molar-refractivity contribution in [3.8, 4) is 0 Å². The number of nitrogens with zero attached hydrogens (tertiary/aromatic N) is 2. The summed E-state index contributed by atoms with van der Waals surface area (Å²) in [4.78, 5) is 6.92. The maximum Gasteiger partial charge on any atom is 0.0572 e. The van der Waals surface area contributed by atoms with Crippen molar-refractivity contribution in [1.82, 2.24) is 9.88 Å². The van der Waals surface area contributed by atoms with Crippen LogP contribution >= 0.6 is 11.8 Å². The van der Waals surface area contributed by atoms with Crippen molar-refractivity contribution in [2.45, 2.75) is 13.0 Å². The molecule has 3 heteroatoms. The average Bonchev–Trinajstić information content (AvgIpc) is 2.30. The van der Waals surface area contributed by atoms with Gasteiger partial charge in [0.1, 0.15) is 0 Å². The topological polar surface area (TPSA) is 16.1 Å². The van der Waals surface area contributed by atoms with Crippen LogP contribution in [0.1, 0.15) is 18.7 Å². The van der Waals surface area contributed by atoms with Crippen LogP contribution in [0.25, 0.3) is 0 Å². The maximum absolute atomic E-state index is 4.41. The van der Waals surface area contributed by atoms with E-state index in [2.05, 4.69) is 28.9 Å². The fraction of sp³-hybridized carbons (Fsp3) is 0.545. The third-order valence-electron chi connectivity index (χ3n) is 2.71. The summed E-state index contributed by atoms with van der Waals surface area (Å²) in [5, 5.41) is 0. The molecular weight excluding hydrogens is 192 g/mol. The summed E-state index contributed by atoms with van der Waals surface area (Å²) >= 11 is 2.05. The largest absolute Gasteiger partial charge is 0.293 e. The fourth-order valence-corrected chi connectivity index (χ4v) is 2.71. The molecule has 1 atom stereocenters. The summed E-state index contributed by atoms with van der Waals surface area (Å²) in [6.45, 7) is 4.64. The van der Waals surface area contributed by atoms with E-state index >= 15 is 0 Å². The van der Waals surface area contributed by atoms with E-state index in [0.29, 0.717) is 6.04 Å². The molecule has 2 heterocycles. The zero-order valence-corrected chi connectivity index (χ0v) is 9.33. The lowest BCUT2D eigenvalue weighted by atomic mass is 10.2.